The van der Waals surface area contributed by atoms with Crippen LogP contribution < -0.4 is 5.73 Å². The van der Waals surface area contributed by atoms with Crippen molar-refractivity contribution >= 4 is 11.6 Å². The molecule has 100 valence electrons. The second kappa shape index (κ2) is 6.50. The average Bonchev–Trinajstić information content (AvgIpc) is 2.37. The molecule has 1 aromatic carbocycles. The van der Waals surface area contributed by atoms with Crippen molar-refractivity contribution in [3.05, 3.63) is 34.6 Å². The number of nitrogens with two attached hydrogens (primary N) is 1. The molecule has 0 amide bonds. The van der Waals surface area contributed by atoms with Crippen LogP contribution in [0, 0.1) is 11.7 Å². The predicted molar refractivity (Wildman–Crippen MR) is 73.1 cm³/mol. The maximum absolute atomic E-state index is 13.2. The van der Waals surface area contributed by atoms with Crippen LogP contribution in [0.2, 0.25) is 5.02 Å². The van der Waals surface area contributed by atoms with Gasteiger partial charge in [0.05, 0.1) is 0 Å². The summed E-state index contributed by atoms with van der Waals surface area (Å²) in [5.74, 6) is 0.543. The first kappa shape index (κ1) is 13.8. The van der Waals surface area contributed by atoms with Gasteiger partial charge < -0.3 is 5.73 Å². The van der Waals surface area contributed by atoms with E-state index >= 15 is 0 Å². The molecule has 1 aromatic rings. The molecule has 0 atom stereocenters. The minimum atomic E-state index is -0.215. The topological polar surface area (TPSA) is 29.3 Å². The molecule has 1 fully saturated rings. The molecular weight excluding hydrogens is 251 g/mol. The van der Waals surface area contributed by atoms with Crippen LogP contribution in [0.3, 0.4) is 0 Å². The van der Waals surface area contributed by atoms with E-state index in [1.165, 1.54) is 25.0 Å². The zero-order chi connectivity index (χ0) is 13.0. The zero-order valence-electron chi connectivity index (χ0n) is 10.5. The van der Waals surface area contributed by atoms with Gasteiger partial charge in [-0.25, -0.2) is 4.39 Å². The smallest absolute Gasteiger partial charge is 0.123 e. The molecule has 1 aliphatic heterocycles. The Hall–Kier alpha value is -0.640. The molecule has 18 heavy (non-hydrogen) atoms. The van der Waals surface area contributed by atoms with Crippen molar-refractivity contribution in [2.24, 2.45) is 11.7 Å². The summed E-state index contributed by atoms with van der Waals surface area (Å²) >= 11 is 6.08. The van der Waals surface area contributed by atoms with Crippen molar-refractivity contribution in [3.8, 4) is 0 Å². The number of nitrogens with zero attached hydrogens (tertiary/aromatic N) is 1. The van der Waals surface area contributed by atoms with Crippen molar-refractivity contribution in [2.45, 2.75) is 25.8 Å². The SMILES string of the molecule is NCCC1CCN(Cc2cc(F)ccc2Cl)CC1. The van der Waals surface area contributed by atoms with Gasteiger partial charge in [0.25, 0.3) is 0 Å². The molecule has 4 heteroatoms. The van der Waals surface area contributed by atoms with E-state index in [4.69, 9.17) is 17.3 Å². The summed E-state index contributed by atoms with van der Waals surface area (Å²) in [7, 11) is 0. The fourth-order valence-electron chi connectivity index (χ4n) is 2.57. The van der Waals surface area contributed by atoms with E-state index in [-0.39, 0.29) is 5.82 Å². The normalized spacial score (nSPS) is 18.2. The van der Waals surface area contributed by atoms with Crippen LogP contribution in [0.25, 0.3) is 0 Å². The number of benzene rings is 1. The van der Waals surface area contributed by atoms with Crippen LogP contribution in [-0.4, -0.2) is 24.5 Å². The lowest BCUT2D eigenvalue weighted by molar-refractivity contribution is 0.173. The summed E-state index contributed by atoms with van der Waals surface area (Å²) in [6.07, 6.45) is 3.49. The van der Waals surface area contributed by atoms with Crippen molar-refractivity contribution in [2.75, 3.05) is 19.6 Å². The first-order valence-corrected chi connectivity index (χ1v) is 6.93. The van der Waals surface area contributed by atoms with Crippen molar-refractivity contribution in [3.63, 3.8) is 0 Å². The molecule has 0 radical (unpaired) electrons. The lowest BCUT2D eigenvalue weighted by atomic mass is 9.93. The van der Waals surface area contributed by atoms with Gasteiger partial charge in [0.15, 0.2) is 0 Å². The highest BCUT2D eigenvalue weighted by Crippen LogP contribution is 2.24. The number of piperidine rings is 1. The van der Waals surface area contributed by atoms with Gasteiger partial charge >= 0.3 is 0 Å². The van der Waals surface area contributed by atoms with Crippen LogP contribution in [0.5, 0.6) is 0 Å². The third kappa shape index (κ3) is 3.67. The van der Waals surface area contributed by atoms with Gasteiger partial charge in [-0.3, -0.25) is 4.90 Å². The summed E-state index contributed by atoms with van der Waals surface area (Å²) in [4.78, 5) is 2.34. The van der Waals surface area contributed by atoms with Crippen LogP contribution in [0.15, 0.2) is 18.2 Å². The zero-order valence-corrected chi connectivity index (χ0v) is 11.3. The molecule has 1 aliphatic rings. The van der Waals surface area contributed by atoms with Crippen molar-refractivity contribution in [1.29, 1.82) is 0 Å². The summed E-state index contributed by atoms with van der Waals surface area (Å²) in [5.41, 5.74) is 6.46. The van der Waals surface area contributed by atoms with Crippen molar-refractivity contribution in [1.82, 2.24) is 4.90 Å². The van der Waals surface area contributed by atoms with Crippen molar-refractivity contribution < 1.29 is 4.39 Å². The van der Waals surface area contributed by atoms with Crippen LogP contribution in [0.1, 0.15) is 24.8 Å². The maximum Gasteiger partial charge on any atom is 0.123 e. The van der Waals surface area contributed by atoms with Gasteiger partial charge in [-0.1, -0.05) is 11.6 Å². The average molecular weight is 271 g/mol. The van der Waals surface area contributed by atoms with E-state index in [1.807, 2.05) is 0 Å². The Morgan fingerprint density at radius 1 is 1.33 bits per heavy atom. The molecule has 1 saturated heterocycles. The van der Waals surface area contributed by atoms with E-state index in [0.717, 1.165) is 44.1 Å². The highest BCUT2D eigenvalue weighted by molar-refractivity contribution is 6.31. The van der Waals surface area contributed by atoms with E-state index in [2.05, 4.69) is 4.90 Å². The van der Waals surface area contributed by atoms with Crippen LogP contribution >= 0.6 is 11.6 Å². The number of hydrogen-bond acceptors (Lipinski definition) is 2. The molecular formula is C14H20ClFN2. The third-order valence-corrected chi connectivity index (χ3v) is 4.05. The lowest BCUT2D eigenvalue weighted by Crippen LogP contribution is -2.33. The molecule has 0 aromatic heterocycles. The highest BCUT2D eigenvalue weighted by atomic mass is 35.5. The monoisotopic (exact) mass is 270 g/mol. The van der Waals surface area contributed by atoms with E-state index in [0.29, 0.717) is 5.02 Å². The Morgan fingerprint density at radius 3 is 2.72 bits per heavy atom. The first-order valence-electron chi connectivity index (χ1n) is 6.55. The maximum atomic E-state index is 13.2. The van der Waals surface area contributed by atoms with Gasteiger partial charge in [0, 0.05) is 11.6 Å². The first-order chi connectivity index (χ1) is 8.69. The van der Waals surface area contributed by atoms with E-state index in [1.54, 1.807) is 6.07 Å². The molecule has 2 nitrogen and oxygen atoms in total. The summed E-state index contributed by atoms with van der Waals surface area (Å²) in [6.45, 7) is 3.63. The Kier molecular flexibility index (Phi) is 4.98. The fraction of sp³-hybridized carbons (Fsp3) is 0.571. The Balaban J connectivity index is 1.89. The standard InChI is InChI=1S/C14H20ClFN2/c15-14-2-1-13(16)9-12(14)10-18-7-4-11(3-6-17)5-8-18/h1-2,9,11H,3-8,10,17H2. The van der Waals surface area contributed by atoms with E-state index in [9.17, 15) is 4.39 Å². The highest BCUT2D eigenvalue weighted by Gasteiger charge is 2.19. The summed E-state index contributed by atoms with van der Waals surface area (Å²) in [5, 5.41) is 0.653. The molecule has 0 unspecified atom stereocenters. The van der Waals surface area contributed by atoms with Gasteiger partial charge in [0.1, 0.15) is 5.82 Å². The Bertz CT molecular complexity index is 389. The molecule has 0 spiro atoms. The summed E-state index contributed by atoms with van der Waals surface area (Å²) in [6, 6.07) is 4.57. The van der Waals surface area contributed by atoms with Gasteiger partial charge in [-0.15, -0.1) is 0 Å². The minimum Gasteiger partial charge on any atom is -0.330 e. The number of likely N-dealkylation sites (tertiary alicyclic amines) is 1. The molecule has 2 rings (SSSR count). The molecule has 0 saturated carbocycles. The number of hydrogen-bond donors (Lipinski definition) is 1. The second-order valence-corrected chi connectivity index (χ2v) is 5.44. The third-order valence-electron chi connectivity index (χ3n) is 3.68. The number of halogens is 2. The van der Waals surface area contributed by atoms with Gasteiger partial charge in [0.2, 0.25) is 0 Å². The van der Waals surface area contributed by atoms with Crippen LogP contribution in [-0.2, 0) is 6.54 Å². The molecule has 1 heterocycles. The molecule has 0 bridgehead atoms. The Morgan fingerprint density at radius 2 is 2.06 bits per heavy atom. The quantitative estimate of drug-likeness (QED) is 0.911. The Labute approximate surface area is 113 Å². The van der Waals surface area contributed by atoms with E-state index < -0.39 is 0 Å². The minimum absolute atomic E-state index is 0.215. The molecule has 2 N–H and O–H groups in total. The number of rotatable bonds is 4. The van der Waals surface area contributed by atoms with Gasteiger partial charge in [-0.05, 0) is 68.6 Å². The second-order valence-electron chi connectivity index (χ2n) is 5.03. The fourth-order valence-corrected chi connectivity index (χ4v) is 2.75. The molecule has 0 aliphatic carbocycles. The van der Waals surface area contributed by atoms with Crippen LogP contribution in [0.4, 0.5) is 4.39 Å². The van der Waals surface area contributed by atoms with Gasteiger partial charge in [-0.2, -0.15) is 0 Å². The summed E-state index contributed by atoms with van der Waals surface area (Å²) < 4.78 is 13.2. The lowest BCUT2D eigenvalue weighted by Gasteiger charge is -2.32. The predicted octanol–water partition coefficient (Wildman–Crippen LogP) is 3.04. The largest absolute Gasteiger partial charge is 0.330 e.